The highest BCUT2D eigenvalue weighted by molar-refractivity contribution is 7.21. The van der Waals surface area contributed by atoms with E-state index >= 15 is 0 Å². The van der Waals surface area contributed by atoms with Crippen LogP contribution in [-0.2, 0) is 11.3 Å². The fourth-order valence-electron chi connectivity index (χ4n) is 4.10. The van der Waals surface area contributed by atoms with Gasteiger partial charge in [0.15, 0.2) is 16.8 Å². The van der Waals surface area contributed by atoms with Crippen molar-refractivity contribution in [2.24, 2.45) is 0 Å². The topological polar surface area (TPSA) is 77.5 Å². The van der Waals surface area contributed by atoms with Gasteiger partial charge in [0.2, 0.25) is 5.91 Å². The number of carbonyl (C=O) groups excluding carboxylic acids is 1. The Labute approximate surface area is 211 Å². The van der Waals surface area contributed by atoms with Gasteiger partial charge in [-0.05, 0) is 42.0 Å². The molecule has 11 heteroatoms. The highest BCUT2D eigenvalue weighted by Crippen LogP contribution is 2.30. The van der Waals surface area contributed by atoms with Crippen molar-refractivity contribution >= 4 is 50.0 Å². The van der Waals surface area contributed by atoms with Gasteiger partial charge in [-0.25, -0.2) is 23.7 Å². The van der Waals surface area contributed by atoms with E-state index in [-0.39, 0.29) is 5.91 Å². The molecule has 0 spiro atoms. The molecule has 1 fully saturated rings. The lowest BCUT2D eigenvalue weighted by Gasteiger charge is -2.34. The number of nitrogens with one attached hydrogen (secondary N) is 1. The molecule has 1 N–H and O–H groups in total. The number of anilines is 4. The number of halogens is 2. The van der Waals surface area contributed by atoms with Crippen LogP contribution in [0.5, 0.6) is 0 Å². The van der Waals surface area contributed by atoms with Crippen LogP contribution in [0.25, 0.3) is 10.3 Å². The molecular weight excluding hydrogens is 484 g/mol. The van der Waals surface area contributed by atoms with Crippen LogP contribution in [0.15, 0.2) is 48.7 Å². The number of fused-ring (bicyclic) bond motifs is 1. The first-order valence-corrected chi connectivity index (χ1v) is 12.3. The number of carbonyl (C=O) groups is 1. The van der Waals surface area contributed by atoms with Crippen molar-refractivity contribution in [2.45, 2.75) is 13.5 Å². The average molecular weight is 510 g/mol. The molecular formula is C25H25F2N7OS. The second kappa shape index (κ2) is 10.1. The van der Waals surface area contributed by atoms with Gasteiger partial charge in [-0.3, -0.25) is 9.69 Å². The minimum atomic E-state index is -0.905. The lowest BCUT2D eigenvalue weighted by atomic mass is 10.2. The monoisotopic (exact) mass is 509 g/mol. The number of hydrogen-bond donors (Lipinski definition) is 1. The van der Waals surface area contributed by atoms with Gasteiger partial charge in [0.25, 0.3) is 0 Å². The van der Waals surface area contributed by atoms with Crippen LogP contribution in [0.1, 0.15) is 12.5 Å². The summed E-state index contributed by atoms with van der Waals surface area (Å²) in [4.78, 5) is 31.8. The van der Waals surface area contributed by atoms with Gasteiger partial charge in [-0.15, -0.1) is 0 Å². The Bertz CT molecular complexity index is 1400. The maximum Gasteiger partial charge on any atom is 0.219 e. The van der Waals surface area contributed by atoms with Crippen molar-refractivity contribution in [1.29, 1.82) is 0 Å². The summed E-state index contributed by atoms with van der Waals surface area (Å²) in [5.41, 5.74) is 2.34. The van der Waals surface area contributed by atoms with Crippen LogP contribution in [0, 0.1) is 11.6 Å². The molecule has 1 aliphatic heterocycles. The Hall–Kier alpha value is -3.70. The average Bonchev–Trinajstić information content (AvgIpc) is 3.27. The summed E-state index contributed by atoms with van der Waals surface area (Å²) in [6.07, 6.45) is 1.77. The quantitative estimate of drug-likeness (QED) is 0.409. The second-order valence-corrected chi connectivity index (χ2v) is 9.60. The summed E-state index contributed by atoms with van der Waals surface area (Å²) < 4.78 is 27.0. The van der Waals surface area contributed by atoms with Gasteiger partial charge in [-0.1, -0.05) is 11.3 Å². The number of rotatable bonds is 6. The van der Waals surface area contributed by atoms with Crippen molar-refractivity contribution in [3.63, 3.8) is 0 Å². The molecule has 1 amide bonds. The van der Waals surface area contributed by atoms with Crippen molar-refractivity contribution in [2.75, 3.05) is 43.4 Å². The highest BCUT2D eigenvalue weighted by Gasteiger charge is 2.19. The molecule has 4 heterocycles. The Kier molecular flexibility index (Phi) is 6.75. The third-order valence-electron chi connectivity index (χ3n) is 6.16. The Morgan fingerprint density at radius 2 is 1.86 bits per heavy atom. The van der Waals surface area contributed by atoms with Crippen LogP contribution in [0.3, 0.4) is 0 Å². The summed E-state index contributed by atoms with van der Waals surface area (Å²) in [6.45, 7) is 5.57. The largest absolute Gasteiger partial charge is 0.340 e. The molecule has 1 aromatic carbocycles. The summed E-state index contributed by atoms with van der Waals surface area (Å²) >= 11 is 1.39. The van der Waals surface area contributed by atoms with Crippen LogP contribution < -0.4 is 10.2 Å². The first-order valence-electron chi connectivity index (χ1n) is 11.5. The molecule has 4 aromatic rings. The van der Waals surface area contributed by atoms with Gasteiger partial charge >= 0.3 is 0 Å². The lowest BCUT2D eigenvalue weighted by molar-refractivity contribution is -0.130. The smallest absolute Gasteiger partial charge is 0.219 e. The molecule has 186 valence electrons. The van der Waals surface area contributed by atoms with Crippen molar-refractivity contribution in [3.8, 4) is 0 Å². The molecule has 1 saturated heterocycles. The Morgan fingerprint density at radius 3 is 2.61 bits per heavy atom. The summed E-state index contributed by atoms with van der Waals surface area (Å²) in [6, 6.07) is 11.4. The van der Waals surface area contributed by atoms with Gasteiger partial charge in [0, 0.05) is 64.6 Å². The zero-order valence-electron chi connectivity index (χ0n) is 19.9. The number of hydrogen-bond acceptors (Lipinski definition) is 8. The van der Waals surface area contributed by atoms with Crippen molar-refractivity contribution in [3.05, 3.63) is 65.9 Å². The Balaban J connectivity index is 1.27. The number of nitrogens with zero attached hydrogens (tertiary/aromatic N) is 6. The third-order valence-corrected chi connectivity index (χ3v) is 7.04. The van der Waals surface area contributed by atoms with Gasteiger partial charge in [0.05, 0.1) is 0 Å². The van der Waals surface area contributed by atoms with Gasteiger partial charge < -0.3 is 15.1 Å². The minimum absolute atomic E-state index is 0.124. The number of thiazole rings is 1. The van der Waals surface area contributed by atoms with E-state index in [1.54, 1.807) is 31.1 Å². The maximum absolute atomic E-state index is 13.7. The molecule has 1 aliphatic rings. The number of amides is 1. The fourth-order valence-corrected chi connectivity index (χ4v) is 4.94. The predicted octanol–water partition coefficient (Wildman–Crippen LogP) is 4.54. The number of piperazine rings is 1. The maximum atomic E-state index is 13.7. The van der Waals surface area contributed by atoms with E-state index in [4.69, 9.17) is 0 Å². The lowest BCUT2D eigenvalue weighted by Crippen LogP contribution is -2.47. The molecule has 3 aromatic heterocycles. The molecule has 0 bridgehead atoms. The minimum Gasteiger partial charge on any atom is -0.340 e. The zero-order chi connectivity index (χ0) is 25.2. The van der Waals surface area contributed by atoms with Crippen LogP contribution in [0.2, 0.25) is 0 Å². The summed E-state index contributed by atoms with van der Waals surface area (Å²) in [5, 5.41) is 3.92. The van der Waals surface area contributed by atoms with Crippen LogP contribution in [0.4, 0.5) is 31.2 Å². The van der Waals surface area contributed by atoms with Crippen LogP contribution >= 0.6 is 11.3 Å². The zero-order valence-corrected chi connectivity index (χ0v) is 20.7. The van der Waals surface area contributed by atoms with Gasteiger partial charge in [-0.2, -0.15) is 0 Å². The molecule has 36 heavy (non-hydrogen) atoms. The summed E-state index contributed by atoms with van der Waals surface area (Å²) in [5.74, 6) is -0.389. The molecule has 8 nitrogen and oxygen atoms in total. The van der Waals surface area contributed by atoms with E-state index in [0.717, 1.165) is 55.9 Å². The number of aromatic nitrogens is 3. The molecule has 5 rings (SSSR count). The first kappa shape index (κ1) is 24.0. The third kappa shape index (κ3) is 5.26. The molecule has 0 saturated carbocycles. The molecule has 0 atom stereocenters. The SMILES string of the molecule is CC(=O)N1CCN(Cc2ccnc(Nc3nc4ccc(N(C)c5ccc(F)c(F)c5)nc4s3)c2)CC1. The van der Waals surface area contributed by atoms with E-state index in [0.29, 0.717) is 27.3 Å². The molecule has 0 aliphatic carbocycles. The second-order valence-electron chi connectivity index (χ2n) is 8.63. The van der Waals surface area contributed by atoms with E-state index in [1.165, 1.54) is 17.4 Å². The summed E-state index contributed by atoms with van der Waals surface area (Å²) in [7, 11) is 1.75. The number of benzene rings is 1. The van der Waals surface area contributed by atoms with Gasteiger partial charge in [0.1, 0.15) is 22.0 Å². The van der Waals surface area contributed by atoms with E-state index in [2.05, 4.69) is 25.2 Å². The molecule has 0 unspecified atom stereocenters. The molecule has 0 radical (unpaired) electrons. The normalized spacial score (nSPS) is 14.3. The van der Waals surface area contributed by atoms with E-state index in [1.807, 2.05) is 23.1 Å². The Morgan fingerprint density at radius 1 is 1.06 bits per heavy atom. The number of pyridine rings is 2. The standard InChI is InChI=1S/C25H25F2N7OS/c1-16(35)34-11-9-33(10-12-34)15-17-7-8-28-22(13-17)30-25-29-21-5-6-23(31-24(21)36-25)32(2)18-3-4-19(26)20(27)14-18/h3-8,13-14H,9-12,15H2,1-2H3,(H,28,29,30). The first-order chi connectivity index (χ1) is 17.4. The van der Waals surface area contributed by atoms with E-state index in [9.17, 15) is 13.6 Å². The van der Waals surface area contributed by atoms with Crippen molar-refractivity contribution in [1.82, 2.24) is 24.8 Å². The van der Waals surface area contributed by atoms with E-state index < -0.39 is 11.6 Å². The van der Waals surface area contributed by atoms with Crippen molar-refractivity contribution < 1.29 is 13.6 Å². The highest BCUT2D eigenvalue weighted by atomic mass is 32.1. The predicted molar refractivity (Wildman–Crippen MR) is 137 cm³/mol. The fraction of sp³-hybridized carbons (Fsp3) is 0.280. The van der Waals surface area contributed by atoms with Crippen LogP contribution in [-0.4, -0.2) is 63.9 Å².